The number of ether oxygens (including phenoxy) is 1. The van der Waals surface area contributed by atoms with Crippen molar-refractivity contribution >= 4 is 34.6 Å². The summed E-state index contributed by atoms with van der Waals surface area (Å²) >= 11 is 0. The van der Waals surface area contributed by atoms with Crippen molar-refractivity contribution in [2.75, 3.05) is 37.9 Å². The standard InChI is InChI=1S/C22H27N7O2/c1-5-31-18-9-7-6-8-16(18)26-19-12-20(23-3)29-21(27-19)15(13-24-29)14(2)25-17-10-11-28(4)22(17)30/h6-9,12-13,17,23,25H,2,5,10-11H2,1,3-4H3,(H,26,27)/t17-/m0/s1. The highest BCUT2D eigenvalue weighted by Gasteiger charge is 2.29. The maximum Gasteiger partial charge on any atom is 0.244 e. The smallest absolute Gasteiger partial charge is 0.244 e. The molecule has 0 radical (unpaired) electrons. The largest absolute Gasteiger partial charge is 0.492 e. The lowest BCUT2D eigenvalue weighted by molar-refractivity contribution is -0.128. The lowest BCUT2D eigenvalue weighted by Gasteiger charge is -2.16. The third kappa shape index (κ3) is 3.98. The highest BCUT2D eigenvalue weighted by molar-refractivity contribution is 5.86. The van der Waals surface area contributed by atoms with Crippen LogP contribution in [0.1, 0.15) is 18.9 Å². The van der Waals surface area contributed by atoms with E-state index in [1.54, 1.807) is 22.7 Å². The SMILES string of the molecule is C=C(N[C@H]1CCN(C)C1=O)c1cnn2c(NC)cc(Nc3ccccc3OCC)nc12. The highest BCUT2D eigenvalue weighted by Crippen LogP contribution is 2.29. The van der Waals surface area contributed by atoms with Gasteiger partial charge >= 0.3 is 0 Å². The first kappa shape index (κ1) is 20.5. The van der Waals surface area contributed by atoms with Gasteiger partial charge in [0.2, 0.25) is 5.91 Å². The number of likely N-dealkylation sites (tertiary alicyclic amines) is 1. The Kier molecular flexibility index (Phi) is 5.66. The number of nitrogens with zero attached hydrogens (tertiary/aromatic N) is 4. The molecule has 0 aliphatic carbocycles. The van der Waals surface area contributed by atoms with Crippen molar-refractivity contribution in [1.29, 1.82) is 0 Å². The van der Waals surface area contributed by atoms with Crippen LogP contribution in [0.5, 0.6) is 5.75 Å². The number of carbonyl (C=O) groups is 1. The predicted molar refractivity (Wildman–Crippen MR) is 122 cm³/mol. The number of nitrogens with one attached hydrogen (secondary N) is 3. The Morgan fingerprint density at radius 1 is 1.35 bits per heavy atom. The van der Waals surface area contributed by atoms with E-state index in [2.05, 4.69) is 27.6 Å². The molecule has 9 heteroatoms. The molecule has 0 spiro atoms. The number of carbonyl (C=O) groups excluding carboxylic acids is 1. The Labute approximate surface area is 181 Å². The topological polar surface area (TPSA) is 95.8 Å². The number of amides is 1. The van der Waals surface area contributed by atoms with E-state index >= 15 is 0 Å². The number of aromatic nitrogens is 3. The average Bonchev–Trinajstić information content (AvgIpc) is 3.33. The molecule has 9 nitrogen and oxygen atoms in total. The number of rotatable bonds is 8. The zero-order valence-corrected chi connectivity index (χ0v) is 18.0. The normalized spacial score (nSPS) is 15.9. The third-order valence-electron chi connectivity index (χ3n) is 5.28. The average molecular weight is 422 g/mol. The number of para-hydroxylation sites is 2. The minimum Gasteiger partial charge on any atom is -0.492 e. The molecule has 1 aliphatic rings. The Morgan fingerprint density at radius 2 is 2.16 bits per heavy atom. The molecule has 0 unspecified atom stereocenters. The summed E-state index contributed by atoms with van der Waals surface area (Å²) in [6, 6.07) is 9.31. The van der Waals surface area contributed by atoms with Crippen LogP contribution in [0.3, 0.4) is 0 Å². The molecule has 1 amide bonds. The first-order valence-corrected chi connectivity index (χ1v) is 10.3. The molecular weight excluding hydrogens is 394 g/mol. The summed E-state index contributed by atoms with van der Waals surface area (Å²) in [6.07, 6.45) is 2.45. The van der Waals surface area contributed by atoms with Crippen molar-refractivity contribution in [1.82, 2.24) is 24.8 Å². The van der Waals surface area contributed by atoms with Gasteiger partial charge < -0.3 is 25.6 Å². The molecule has 1 atom stereocenters. The van der Waals surface area contributed by atoms with E-state index < -0.39 is 0 Å². The first-order valence-electron chi connectivity index (χ1n) is 10.3. The van der Waals surface area contributed by atoms with Gasteiger partial charge in [-0.2, -0.15) is 9.61 Å². The van der Waals surface area contributed by atoms with E-state index in [1.165, 1.54) is 0 Å². The Morgan fingerprint density at radius 3 is 2.87 bits per heavy atom. The molecule has 2 aromatic heterocycles. The number of benzene rings is 1. The minimum atomic E-state index is -0.282. The van der Waals surface area contributed by atoms with Crippen LogP contribution in [-0.2, 0) is 4.79 Å². The van der Waals surface area contributed by atoms with Crippen molar-refractivity contribution in [2.45, 2.75) is 19.4 Å². The van der Waals surface area contributed by atoms with Crippen LogP contribution in [-0.4, -0.2) is 58.7 Å². The highest BCUT2D eigenvalue weighted by atomic mass is 16.5. The lowest BCUT2D eigenvalue weighted by atomic mass is 10.2. The number of anilines is 3. The van der Waals surface area contributed by atoms with Crippen molar-refractivity contribution in [3.05, 3.63) is 48.7 Å². The van der Waals surface area contributed by atoms with E-state index in [4.69, 9.17) is 9.72 Å². The van der Waals surface area contributed by atoms with E-state index in [0.29, 0.717) is 23.8 Å². The van der Waals surface area contributed by atoms with E-state index in [9.17, 15) is 4.79 Å². The fraction of sp³-hybridized carbons (Fsp3) is 0.318. The van der Waals surface area contributed by atoms with Gasteiger partial charge in [-0.3, -0.25) is 4.79 Å². The van der Waals surface area contributed by atoms with Crippen molar-refractivity contribution in [3.63, 3.8) is 0 Å². The van der Waals surface area contributed by atoms with Crippen molar-refractivity contribution < 1.29 is 9.53 Å². The molecule has 0 saturated carbocycles. The van der Waals surface area contributed by atoms with Crippen LogP contribution >= 0.6 is 0 Å². The summed E-state index contributed by atoms with van der Waals surface area (Å²) in [5.41, 5.74) is 2.80. The summed E-state index contributed by atoms with van der Waals surface area (Å²) < 4.78 is 7.42. The first-order chi connectivity index (χ1) is 15.0. The second-order valence-corrected chi connectivity index (χ2v) is 7.35. The van der Waals surface area contributed by atoms with Gasteiger partial charge in [-0.15, -0.1) is 0 Å². The molecule has 1 aliphatic heterocycles. The van der Waals surface area contributed by atoms with Crippen LogP contribution < -0.4 is 20.7 Å². The minimum absolute atomic E-state index is 0.0661. The van der Waals surface area contributed by atoms with Crippen LogP contribution in [0.4, 0.5) is 17.3 Å². The number of likely N-dealkylation sites (N-methyl/N-ethyl adjacent to an activating group) is 1. The number of hydrogen-bond acceptors (Lipinski definition) is 7. The van der Waals surface area contributed by atoms with Crippen molar-refractivity contribution in [2.24, 2.45) is 0 Å². The molecule has 1 fully saturated rings. The maximum atomic E-state index is 12.3. The van der Waals surface area contributed by atoms with Crippen LogP contribution in [0, 0.1) is 0 Å². The predicted octanol–water partition coefficient (Wildman–Crippen LogP) is 2.70. The summed E-state index contributed by atoms with van der Waals surface area (Å²) in [5.74, 6) is 2.21. The Balaban J connectivity index is 1.66. The van der Waals surface area contributed by atoms with Gasteiger partial charge in [0, 0.05) is 32.4 Å². The monoisotopic (exact) mass is 421 g/mol. The summed E-state index contributed by atoms with van der Waals surface area (Å²) in [6.45, 7) is 7.39. The van der Waals surface area contributed by atoms with Gasteiger partial charge in [0.05, 0.1) is 24.1 Å². The maximum absolute atomic E-state index is 12.3. The molecule has 1 saturated heterocycles. The van der Waals surface area contributed by atoms with E-state index in [1.807, 2.05) is 44.3 Å². The van der Waals surface area contributed by atoms with E-state index in [0.717, 1.165) is 35.8 Å². The Hall–Kier alpha value is -3.75. The fourth-order valence-corrected chi connectivity index (χ4v) is 3.65. The number of hydrogen-bond donors (Lipinski definition) is 3. The van der Waals surface area contributed by atoms with Crippen LogP contribution in [0.15, 0.2) is 43.1 Å². The lowest BCUT2D eigenvalue weighted by Crippen LogP contribution is -2.35. The van der Waals surface area contributed by atoms with E-state index in [-0.39, 0.29) is 11.9 Å². The van der Waals surface area contributed by atoms with Gasteiger partial charge in [-0.05, 0) is 25.5 Å². The summed E-state index contributed by atoms with van der Waals surface area (Å²) in [4.78, 5) is 18.8. The quantitative estimate of drug-likeness (QED) is 0.515. The van der Waals surface area contributed by atoms with Crippen LogP contribution in [0.2, 0.25) is 0 Å². The van der Waals surface area contributed by atoms with Gasteiger partial charge in [0.25, 0.3) is 0 Å². The van der Waals surface area contributed by atoms with Gasteiger partial charge in [-0.25, -0.2) is 4.98 Å². The second-order valence-electron chi connectivity index (χ2n) is 7.35. The van der Waals surface area contributed by atoms with Crippen LogP contribution in [0.25, 0.3) is 11.3 Å². The molecule has 1 aromatic carbocycles. The molecule has 0 bridgehead atoms. The van der Waals surface area contributed by atoms with Gasteiger partial charge in [-0.1, -0.05) is 18.7 Å². The third-order valence-corrected chi connectivity index (χ3v) is 5.28. The summed E-state index contributed by atoms with van der Waals surface area (Å²) in [5, 5.41) is 14.2. The zero-order chi connectivity index (χ0) is 22.0. The van der Waals surface area contributed by atoms with Gasteiger partial charge in [0.15, 0.2) is 5.65 Å². The number of fused-ring (bicyclic) bond motifs is 1. The molecule has 162 valence electrons. The molecule has 4 rings (SSSR count). The Bertz CT molecular complexity index is 1120. The molecular formula is C22H27N7O2. The molecule has 3 aromatic rings. The summed E-state index contributed by atoms with van der Waals surface area (Å²) in [7, 11) is 3.63. The second kappa shape index (κ2) is 8.55. The van der Waals surface area contributed by atoms with Gasteiger partial charge in [0.1, 0.15) is 23.4 Å². The fourth-order valence-electron chi connectivity index (χ4n) is 3.65. The van der Waals surface area contributed by atoms with Crippen molar-refractivity contribution in [3.8, 4) is 5.75 Å². The molecule has 31 heavy (non-hydrogen) atoms. The molecule has 3 N–H and O–H groups in total. The zero-order valence-electron chi connectivity index (χ0n) is 18.0. The molecule has 3 heterocycles.